The van der Waals surface area contributed by atoms with Crippen LogP contribution in [0.15, 0.2) is 180 Å². The summed E-state index contributed by atoms with van der Waals surface area (Å²) in [4.78, 5) is 15.9. The molecule has 282 valence electrons. The summed E-state index contributed by atoms with van der Waals surface area (Å²) >= 11 is 1.81. The lowest BCUT2D eigenvalue weighted by molar-refractivity contribution is 0.496. The number of rotatable bonds is 4. The Morgan fingerprint density at radius 1 is 0.567 bits per heavy atom. The second-order valence-electron chi connectivity index (χ2n) is 16.2. The van der Waals surface area contributed by atoms with E-state index in [1.54, 1.807) is 0 Å². The number of hydrogen-bond donors (Lipinski definition) is 0. The quantitative estimate of drug-likeness (QED) is 0.178. The summed E-state index contributed by atoms with van der Waals surface area (Å²) in [6, 6.07) is 51.5. The highest BCUT2D eigenvalue weighted by Gasteiger charge is 2.40. The fraction of sp³-hybridized carbons (Fsp3) is 0.0556. The monoisotopic (exact) mass is 786 g/mol. The topological polar surface area (TPSA) is 56.7 Å². The molecule has 0 saturated carbocycles. The molecular formula is C54H34N4OS. The van der Waals surface area contributed by atoms with E-state index < -0.39 is 0 Å². The minimum Gasteiger partial charge on any atom is -0.456 e. The molecule has 0 saturated heterocycles. The van der Waals surface area contributed by atoms with Crippen molar-refractivity contribution in [3.8, 4) is 39.9 Å². The fourth-order valence-electron chi connectivity index (χ4n) is 9.77. The summed E-state index contributed by atoms with van der Waals surface area (Å²) in [5.41, 5.74) is 8.67. The first kappa shape index (κ1) is 33.6. The van der Waals surface area contributed by atoms with Gasteiger partial charge in [0.15, 0.2) is 17.5 Å². The van der Waals surface area contributed by atoms with Crippen molar-refractivity contribution in [3.63, 3.8) is 0 Å². The maximum absolute atomic E-state index is 6.63. The Morgan fingerprint density at radius 3 is 2.18 bits per heavy atom. The van der Waals surface area contributed by atoms with Crippen LogP contribution in [0, 0.1) is 5.92 Å². The third kappa shape index (κ3) is 4.88. The number of allylic oxidation sites excluding steroid dienone is 5. The normalized spacial score (nSPS) is 17.1. The standard InChI is InChI=1S/C54H34N4OS/c1-54-26-12-11-17-36(54)23-24-43-50(54)41-27-33-15-5-6-16-34(33)29-44(41)58(43)45-30-39-37-18-7-9-20-46(37)59-47(39)31-42(45)53-56-51(32-13-3-2-4-14-32)55-52(57-53)35-22-25-49-40(28-35)38-19-8-10-21-48(38)60-49/h2-31,36H,1H3. The number of aromatic nitrogens is 4. The van der Waals surface area contributed by atoms with Crippen LogP contribution in [0.5, 0.6) is 0 Å². The minimum atomic E-state index is -0.247. The summed E-state index contributed by atoms with van der Waals surface area (Å²) in [6.45, 7) is 2.38. The van der Waals surface area contributed by atoms with Gasteiger partial charge in [0.25, 0.3) is 0 Å². The first-order valence-electron chi connectivity index (χ1n) is 20.4. The van der Waals surface area contributed by atoms with Crippen molar-refractivity contribution in [2.45, 2.75) is 12.3 Å². The minimum absolute atomic E-state index is 0.234. The molecule has 11 aromatic rings. The molecule has 0 radical (unpaired) electrons. The van der Waals surface area contributed by atoms with E-state index >= 15 is 0 Å². The number of thiophene rings is 1. The first-order chi connectivity index (χ1) is 29.6. The van der Waals surface area contributed by atoms with Crippen molar-refractivity contribution in [2.75, 3.05) is 0 Å². The molecule has 13 rings (SSSR count). The van der Waals surface area contributed by atoms with Crippen LogP contribution in [0.1, 0.15) is 18.2 Å². The van der Waals surface area contributed by atoms with Gasteiger partial charge in [-0.15, -0.1) is 11.3 Å². The molecule has 7 aromatic carbocycles. The van der Waals surface area contributed by atoms with E-state index in [4.69, 9.17) is 19.4 Å². The molecule has 0 fully saturated rings. The van der Waals surface area contributed by atoms with Crippen molar-refractivity contribution in [1.29, 1.82) is 0 Å². The molecule has 2 atom stereocenters. The van der Waals surface area contributed by atoms with Gasteiger partial charge in [0.05, 0.1) is 16.9 Å². The zero-order valence-electron chi connectivity index (χ0n) is 32.5. The summed E-state index contributed by atoms with van der Waals surface area (Å²) in [5, 5.41) is 8.18. The molecule has 4 heterocycles. The molecule has 0 N–H and O–H groups in total. The van der Waals surface area contributed by atoms with Gasteiger partial charge in [-0.3, -0.25) is 0 Å². The average Bonchev–Trinajstić information content (AvgIpc) is 3.96. The molecule has 6 heteroatoms. The fourth-order valence-corrected chi connectivity index (χ4v) is 10.9. The number of para-hydroxylation sites is 1. The van der Waals surface area contributed by atoms with Gasteiger partial charge in [0.2, 0.25) is 0 Å². The van der Waals surface area contributed by atoms with Crippen molar-refractivity contribution in [1.82, 2.24) is 19.5 Å². The Balaban J connectivity index is 1.14. The average molecular weight is 787 g/mol. The van der Waals surface area contributed by atoms with Crippen molar-refractivity contribution >= 4 is 81.2 Å². The Kier molecular flexibility index (Phi) is 7.02. The van der Waals surface area contributed by atoms with Crippen LogP contribution < -0.4 is 0 Å². The first-order valence-corrected chi connectivity index (χ1v) is 21.2. The molecule has 2 aliphatic carbocycles. The molecule has 0 aliphatic heterocycles. The van der Waals surface area contributed by atoms with E-state index in [2.05, 4.69) is 163 Å². The molecule has 0 amide bonds. The SMILES string of the molecule is CC12C=CC=CC1C=Cc1c2c2cc3ccccc3cc2n1-c1cc2c(cc1-c1nc(-c3ccccc3)nc(-c3ccc4sc5ccccc5c4c3)n1)oc1ccccc12. The Morgan fingerprint density at radius 2 is 1.30 bits per heavy atom. The highest BCUT2D eigenvalue weighted by molar-refractivity contribution is 7.25. The largest absolute Gasteiger partial charge is 0.456 e. The summed E-state index contributed by atoms with van der Waals surface area (Å²) in [7, 11) is 0. The number of furan rings is 1. The molecular weight excluding hydrogens is 753 g/mol. The van der Waals surface area contributed by atoms with Gasteiger partial charge in [0.1, 0.15) is 11.2 Å². The van der Waals surface area contributed by atoms with E-state index in [1.165, 1.54) is 41.9 Å². The van der Waals surface area contributed by atoms with E-state index in [1.807, 2.05) is 41.7 Å². The molecule has 2 aliphatic rings. The van der Waals surface area contributed by atoms with Gasteiger partial charge in [-0.1, -0.05) is 128 Å². The van der Waals surface area contributed by atoms with Crippen LogP contribution in [0.3, 0.4) is 0 Å². The molecule has 5 nitrogen and oxygen atoms in total. The van der Waals surface area contributed by atoms with Gasteiger partial charge < -0.3 is 8.98 Å². The van der Waals surface area contributed by atoms with E-state index in [0.29, 0.717) is 17.5 Å². The van der Waals surface area contributed by atoms with Gasteiger partial charge in [-0.05, 0) is 77.0 Å². The third-order valence-corrected chi connectivity index (χ3v) is 13.9. The van der Waals surface area contributed by atoms with Crippen LogP contribution >= 0.6 is 11.3 Å². The molecule has 2 unspecified atom stereocenters. The maximum Gasteiger partial charge on any atom is 0.166 e. The molecule has 0 bridgehead atoms. The van der Waals surface area contributed by atoms with Crippen molar-refractivity contribution in [3.05, 3.63) is 187 Å². The second kappa shape index (κ2) is 12.5. The highest BCUT2D eigenvalue weighted by Crippen LogP contribution is 2.50. The van der Waals surface area contributed by atoms with E-state index in [9.17, 15) is 0 Å². The predicted octanol–water partition coefficient (Wildman–Crippen LogP) is 14.3. The van der Waals surface area contributed by atoms with Crippen molar-refractivity contribution in [2.24, 2.45) is 5.92 Å². The number of hydrogen-bond acceptors (Lipinski definition) is 5. The maximum atomic E-state index is 6.63. The van der Waals surface area contributed by atoms with Crippen LogP contribution in [0.2, 0.25) is 0 Å². The Bertz CT molecular complexity index is 3700. The Hall–Kier alpha value is -7.41. The lowest BCUT2D eigenvalue weighted by atomic mass is 9.66. The van der Waals surface area contributed by atoms with Crippen molar-refractivity contribution < 1.29 is 4.42 Å². The smallest absolute Gasteiger partial charge is 0.166 e. The summed E-state index contributed by atoms with van der Waals surface area (Å²) in [6.07, 6.45) is 13.8. The number of fused-ring (bicyclic) bond motifs is 12. The van der Waals surface area contributed by atoms with E-state index in [0.717, 1.165) is 55.5 Å². The van der Waals surface area contributed by atoms with Crippen LogP contribution in [0.4, 0.5) is 0 Å². The molecule has 60 heavy (non-hydrogen) atoms. The lowest BCUT2D eigenvalue weighted by Gasteiger charge is -2.37. The van der Waals surface area contributed by atoms with Gasteiger partial charge in [-0.25, -0.2) is 15.0 Å². The summed E-state index contributed by atoms with van der Waals surface area (Å²) < 4.78 is 11.6. The van der Waals surface area contributed by atoms with Gasteiger partial charge in [0, 0.05) is 64.4 Å². The van der Waals surface area contributed by atoms with Crippen LogP contribution in [-0.2, 0) is 5.41 Å². The highest BCUT2D eigenvalue weighted by atomic mass is 32.1. The third-order valence-electron chi connectivity index (χ3n) is 12.7. The predicted molar refractivity (Wildman–Crippen MR) is 249 cm³/mol. The molecule has 4 aromatic heterocycles. The van der Waals surface area contributed by atoms with Gasteiger partial charge in [-0.2, -0.15) is 0 Å². The summed E-state index contributed by atoms with van der Waals surface area (Å²) in [5.74, 6) is 2.04. The number of nitrogens with zero attached hydrogens (tertiary/aromatic N) is 4. The second-order valence-corrected chi connectivity index (χ2v) is 17.3. The zero-order chi connectivity index (χ0) is 39.5. The molecule has 0 spiro atoms. The van der Waals surface area contributed by atoms with Crippen LogP contribution in [0.25, 0.3) is 110 Å². The van der Waals surface area contributed by atoms with Crippen LogP contribution in [-0.4, -0.2) is 19.5 Å². The Labute approximate surface area is 348 Å². The number of benzene rings is 7. The van der Waals surface area contributed by atoms with Gasteiger partial charge >= 0.3 is 0 Å². The zero-order valence-corrected chi connectivity index (χ0v) is 33.3. The lowest BCUT2D eigenvalue weighted by Crippen LogP contribution is -2.31. The van der Waals surface area contributed by atoms with E-state index in [-0.39, 0.29) is 11.3 Å².